The molecule has 4 unspecified atom stereocenters. The molecule has 7 rings (SSSR count). The first kappa shape index (κ1) is 71.5. The summed E-state index contributed by atoms with van der Waals surface area (Å²) in [6, 6.07) is 29.5. The van der Waals surface area contributed by atoms with Gasteiger partial charge in [0.15, 0.2) is 12.8 Å². The average Bonchev–Trinajstić information content (AvgIpc) is 1.23. The Kier molecular flexibility index (Phi) is 26.6. The molecule has 28 heteroatoms. The lowest BCUT2D eigenvalue weighted by molar-refractivity contribution is -0.149. The van der Waals surface area contributed by atoms with Crippen LogP contribution in [0.5, 0.6) is 11.5 Å². The first-order valence-corrected chi connectivity index (χ1v) is 32.1. The van der Waals surface area contributed by atoms with Crippen LogP contribution in [0.25, 0.3) is 32.7 Å². The van der Waals surface area contributed by atoms with E-state index in [4.69, 9.17) is 44.3 Å². The molecule has 0 bridgehead atoms. The van der Waals surface area contributed by atoms with Crippen molar-refractivity contribution in [2.45, 2.75) is 140 Å². The van der Waals surface area contributed by atoms with Gasteiger partial charge < -0.3 is 71.5 Å². The van der Waals surface area contributed by atoms with E-state index in [1.165, 1.54) is 18.3 Å². The average molecular weight is 1310 g/mol. The number of nitrogen functional groups attached to an aromatic ring is 1. The van der Waals surface area contributed by atoms with Crippen LogP contribution in [0.15, 0.2) is 138 Å². The number of aliphatic hydroxyl groups excluding tert-OH is 2. The van der Waals surface area contributed by atoms with Crippen molar-refractivity contribution in [3.8, 4) is 22.6 Å². The number of aliphatic imine (C=N–C) groups is 1. The molecule has 6 aromatic rings. The quantitative estimate of drug-likeness (QED) is 0.00405. The summed E-state index contributed by atoms with van der Waals surface area (Å²) < 4.78 is 52.9. The summed E-state index contributed by atoms with van der Waals surface area (Å²) in [5.74, 6) is -2.74. The fraction of sp³-hybridized carbons (Fsp3) is 0.415. The molecule has 500 valence electrons. The number of carbonyl (C=O) groups is 5. The number of rotatable bonds is 34. The van der Waals surface area contributed by atoms with Crippen LogP contribution in [-0.2, 0) is 53.7 Å². The molecule has 1 fully saturated rings. The lowest BCUT2D eigenvalue weighted by Gasteiger charge is -2.25. The monoisotopic (exact) mass is 1310 g/mol. The van der Waals surface area contributed by atoms with Crippen molar-refractivity contribution in [2.24, 2.45) is 10.7 Å². The summed E-state index contributed by atoms with van der Waals surface area (Å²) in [6.45, 7) is 10.0. The predicted octanol–water partition coefficient (Wildman–Crippen LogP) is 6.27. The number of hydrogen-bond donors (Lipinski definition) is 10. The van der Waals surface area contributed by atoms with Gasteiger partial charge in [-0.2, -0.15) is 9.61 Å². The van der Waals surface area contributed by atoms with Crippen LogP contribution in [0.1, 0.15) is 97.3 Å². The highest BCUT2D eigenvalue weighted by Crippen LogP contribution is 2.46. The molecule has 1 aliphatic rings. The van der Waals surface area contributed by atoms with Gasteiger partial charge in [-0.1, -0.05) is 117 Å². The lowest BCUT2D eigenvalue weighted by Crippen LogP contribution is -2.56. The Balaban J connectivity index is 1.08. The zero-order valence-electron chi connectivity index (χ0n) is 52.4. The number of nitrogens with two attached hydrogens (primary N) is 2. The van der Waals surface area contributed by atoms with Crippen LogP contribution in [0, 0.1) is 0 Å². The van der Waals surface area contributed by atoms with Crippen LogP contribution >= 0.6 is 7.82 Å². The van der Waals surface area contributed by atoms with E-state index in [-0.39, 0.29) is 57.6 Å². The molecule has 93 heavy (non-hydrogen) atoms. The highest BCUT2D eigenvalue weighted by Gasteiger charge is 2.45. The number of phosphoric acid groups is 1. The van der Waals surface area contributed by atoms with Gasteiger partial charge in [-0.3, -0.25) is 28.5 Å². The molecule has 8 atom stereocenters. The van der Waals surface area contributed by atoms with E-state index in [2.05, 4.69) is 44.7 Å². The second kappa shape index (κ2) is 34.6. The number of fused-ring (bicyclic) bond motifs is 2. The van der Waals surface area contributed by atoms with Gasteiger partial charge in [0.1, 0.15) is 66.0 Å². The third-order valence-electron chi connectivity index (χ3n) is 14.6. The zero-order chi connectivity index (χ0) is 67.1. The number of hydrogen-bond acceptors (Lipinski definition) is 19. The van der Waals surface area contributed by atoms with Gasteiger partial charge in [-0.25, -0.2) is 24.4 Å². The Hall–Kier alpha value is -8.95. The number of ether oxygens (including phenoxy) is 5. The molecule has 1 aromatic heterocycles. The normalized spacial score (nSPS) is 17.3. The smallest absolute Gasteiger partial charge is 0.493 e. The minimum absolute atomic E-state index is 0.00704. The third-order valence-corrected chi connectivity index (χ3v) is 15.4. The van der Waals surface area contributed by atoms with Gasteiger partial charge >= 0.3 is 25.6 Å². The van der Waals surface area contributed by atoms with Crippen LogP contribution in [0.3, 0.4) is 0 Å². The van der Waals surface area contributed by atoms with Crippen molar-refractivity contribution in [3.63, 3.8) is 0 Å². The number of amides is 4. The molecule has 4 amide bonds. The minimum atomic E-state index is -5.05. The fourth-order valence-electron chi connectivity index (χ4n) is 9.99. The molecule has 1 aliphatic heterocycles. The molecule has 27 nitrogen and oxygen atoms in total. The second-order valence-electron chi connectivity index (χ2n) is 22.9. The number of phosphoric ester groups is 1. The van der Waals surface area contributed by atoms with Gasteiger partial charge in [-0.05, 0) is 111 Å². The minimum Gasteiger partial charge on any atom is -0.493 e. The highest BCUT2D eigenvalue weighted by molar-refractivity contribution is 7.47. The van der Waals surface area contributed by atoms with E-state index in [1.54, 1.807) is 57.2 Å². The molecule has 0 spiro atoms. The first-order chi connectivity index (χ1) is 44.5. The summed E-state index contributed by atoms with van der Waals surface area (Å²) in [7, 11) is -5.05. The molecule has 2 heterocycles. The maximum absolute atomic E-state index is 14.7. The Morgan fingerprint density at radius 3 is 2.06 bits per heavy atom. The Bertz CT molecular complexity index is 3660. The van der Waals surface area contributed by atoms with Crippen LogP contribution < -0.4 is 53.4 Å². The number of unbranched alkanes of at least 4 members (excludes halogenated alkanes) is 3. The zero-order valence-corrected chi connectivity index (χ0v) is 53.3. The van der Waals surface area contributed by atoms with E-state index < -0.39 is 111 Å². The van der Waals surface area contributed by atoms with Crippen molar-refractivity contribution in [1.29, 1.82) is 0 Å². The number of aromatic nitrogens is 2. The molecule has 0 saturated carbocycles. The number of benzene rings is 5. The van der Waals surface area contributed by atoms with E-state index in [0.29, 0.717) is 35.7 Å². The number of carbonyl (C=O) groups excluding carboxylic acids is 5. The summed E-state index contributed by atoms with van der Waals surface area (Å²) >= 11 is 0. The lowest BCUT2D eigenvalue weighted by atomic mass is 9.92. The number of nitrogens with zero attached hydrogens (tertiary/aromatic N) is 3. The number of anilines is 1. The fourth-order valence-corrected chi connectivity index (χ4v) is 10.6. The molecule has 5 aromatic carbocycles. The molecular formula is C65H83N10O17P. The Morgan fingerprint density at radius 1 is 0.796 bits per heavy atom. The van der Waals surface area contributed by atoms with Crippen molar-refractivity contribution in [1.82, 2.24) is 36.3 Å². The number of hydroxylamine groups is 1. The van der Waals surface area contributed by atoms with Gasteiger partial charge in [0, 0.05) is 30.4 Å². The Labute approximate surface area is 538 Å². The van der Waals surface area contributed by atoms with E-state index in [1.807, 2.05) is 72.2 Å². The van der Waals surface area contributed by atoms with Gasteiger partial charge in [0.05, 0.1) is 13.2 Å². The van der Waals surface area contributed by atoms with E-state index in [0.717, 1.165) is 50.9 Å². The number of esters is 1. The van der Waals surface area contributed by atoms with Gasteiger partial charge in [-0.15, -0.1) is 6.58 Å². The molecular weight excluding hydrogens is 1220 g/mol. The van der Waals surface area contributed by atoms with Crippen LogP contribution in [-0.4, -0.2) is 135 Å². The molecule has 0 radical (unpaired) electrons. The summed E-state index contributed by atoms with van der Waals surface area (Å²) in [5, 5.41) is 35.7. The highest BCUT2D eigenvalue weighted by atomic mass is 31.2. The maximum atomic E-state index is 14.7. The number of nitrogens with one attached hydrogen (secondary N) is 5. The SMILES string of the molecule is C=CCC(NC(=O)C(CCCN=C(N)NOP(=O)(O)OC[C@H]1O[C@@H](n2ccc(N)nc2=O)[C@H](O)[C@@H]1O)NC(=O)C(CCCCNC(=O)OC(C)(C)C)NC(=O)COc1ccc2ccccc2c1-c1c(OCCCCC)ccc2ccccc12)C(=O)OCc1ccccc1. The van der Waals surface area contributed by atoms with Crippen molar-refractivity contribution < 1.29 is 76.5 Å². The summed E-state index contributed by atoms with van der Waals surface area (Å²) in [6.07, 6.45) is -1.07. The third kappa shape index (κ3) is 21.6. The second-order valence-corrected chi connectivity index (χ2v) is 24.3. The van der Waals surface area contributed by atoms with E-state index in [9.17, 15) is 48.4 Å². The molecule has 1 saturated heterocycles. The van der Waals surface area contributed by atoms with Crippen molar-refractivity contribution >= 4 is 70.9 Å². The molecule has 0 aliphatic carbocycles. The standard InChI is InChI=1S/C65H83N10O17P/c1-6-8-18-37-86-49-31-29-42-23-12-14-25-44(42)54(49)55-45-26-15-13-24-43(45)30-32-50(55)87-40-53(76)70-46(27-16-17-34-69-64(83)91-65(3,4)5)58(79)71-47(59(80)72-48(20-7-2)61(81)88-38-41-21-10-9-11-22-41)28-19-35-68-62(67)74-92-93(84,85)89-39-51-56(77)57(78)60(90-51)75-36-33-52(66)73-63(75)82/h7,9-15,21-26,29-33,36,46-48,51,56-57,60,77-78H,2,6,8,16-20,27-28,34-35,37-40H2,1,3-5H3,(H,69,83)(H,70,76)(H,71,79)(H,72,80)(H,84,85)(H2,66,73,82)(H3,67,68,74)/t46?,47?,48?,51-,56-,57-,60-/m1/s1. The first-order valence-electron chi connectivity index (χ1n) is 30.6. The molecule has 12 N–H and O–H groups in total. The predicted molar refractivity (Wildman–Crippen MR) is 347 cm³/mol. The van der Waals surface area contributed by atoms with Crippen LogP contribution in [0.2, 0.25) is 0 Å². The van der Waals surface area contributed by atoms with Crippen LogP contribution in [0.4, 0.5) is 10.6 Å². The number of aliphatic hydroxyl groups is 2. The number of guanidine groups is 1. The summed E-state index contributed by atoms with van der Waals surface area (Å²) in [5.41, 5.74) is 14.0. The number of alkyl carbamates (subject to hydrolysis) is 1. The van der Waals surface area contributed by atoms with Gasteiger partial charge in [0.2, 0.25) is 17.8 Å². The van der Waals surface area contributed by atoms with E-state index >= 15 is 0 Å². The Morgan fingerprint density at radius 2 is 1.42 bits per heavy atom. The largest absolute Gasteiger partial charge is 0.493 e. The van der Waals surface area contributed by atoms with Crippen molar-refractivity contribution in [3.05, 3.63) is 144 Å². The topological polar surface area (TPSA) is 387 Å². The maximum Gasteiger partial charge on any atom is 0.493 e. The summed E-state index contributed by atoms with van der Waals surface area (Å²) in [4.78, 5) is 100.0. The van der Waals surface area contributed by atoms with Crippen molar-refractivity contribution in [2.75, 3.05) is 38.6 Å². The van der Waals surface area contributed by atoms with Gasteiger partial charge in [0.25, 0.3) is 5.91 Å².